The second-order valence-electron chi connectivity index (χ2n) is 3.92. The fourth-order valence-corrected chi connectivity index (χ4v) is 1.93. The monoisotopic (exact) mass is 242 g/mol. The smallest absolute Gasteiger partial charge is 0.175 e. The number of aromatic amines is 1. The number of ether oxygens (including phenoxy) is 1. The lowest BCUT2D eigenvalue weighted by atomic mass is 10.2. The van der Waals surface area contributed by atoms with E-state index in [4.69, 9.17) is 4.74 Å². The van der Waals surface area contributed by atoms with Crippen LogP contribution in [0.1, 0.15) is 0 Å². The molecule has 1 aromatic heterocycles. The molecule has 3 nitrogen and oxygen atoms in total. The van der Waals surface area contributed by atoms with Gasteiger partial charge in [-0.25, -0.2) is 9.37 Å². The Kier molecular flexibility index (Phi) is 2.48. The summed E-state index contributed by atoms with van der Waals surface area (Å²) in [7, 11) is 1.45. The first-order chi connectivity index (χ1) is 8.79. The molecule has 90 valence electrons. The number of para-hydroxylation sites is 2. The largest absolute Gasteiger partial charge is 0.494 e. The molecule has 0 fully saturated rings. The number of methoxy groups -OCH3 is 1. The normalized spacial score (nSPS) is 10.8. The first-order valence-corrected chi connectivity index (χ1v) is 5.57. The maximum atomic E-state index is 14.1. The molecule has 3 aromatic rings. The van der Waals surface area contributed by atoms with Crippen LogP contribution in [-0.2, 0) is 0 Å². The van der Waals surface area contributed by atoms with Crippen LogP contribution in [0.5, 0.6) is 5.75 Å². The van der Waals surface area contributed by atoms with Gasteiger partial charge < -0.3 is 9.72 Å². The lowest BCUT2D eigenvalue weighted by molar-refractivity contribution is 0.387. The maximum absolute atomic E-state index is 14.1. The third-order valence-electron chi connectivity index (χ3n) is 2.83. The van der Waals surface area contributed by atoms with Gasteiger partial charge in [-0.05, 0) is 24.3 Å². The molecular formula is C14H11FN2O. The summed E-state index contributed by atoms with van der Waals surface area (Å²) in [6, 6.07) is 12.6. The Morgan fingerprint density at radius 1 is 1.11 bits per heavy atom. The molecule has 0 atom stereocenters. The number of hydrogen-bond donors (Lipinski definition) is 1. The third-order valence-corrected chi connectivity index (χ3v) is 2.83. The van der Waals surface area contributed by atoms with Gasteiger partial charge in [-0.1, -0.05) is 18.2 Å². The standard InChI is InChI=1S/C14H11FN2O/c1-18-12-8-4-5-9(13(12)15)14-16-10-6-2-3-7-11(10)17-14/h2-8H,1H3,(H,16,17). The second-order valence-corrected chi connectivity index (χ2v) is 3.92. The molecule has 2 aromatic carbocycles. The molecule has 0 aliphatic heterocycles. The average Bonchev–Trinajstić information content (AvgIpc) is 2.82. The van der Waals surface area contributed by atoms with Crippen molar-refractivity contribution in [3.63, 3.8) is 0 Å². The first-order valence-electron chi connectivity index (χ1n) is 5.57. The molecule has 1 N–H and O–H groups in total. The molecular weight excluding hydrogens is 231 g/mol. The van der Waals surface area contributed by atoms with Crippen LogP contribution >= 0.6 is 0 Å². The number of nitrogens with one attached hydrogen (secondary N) is 1. The predicted octanol–water partition coefficient (Wildman–Crippen LogP) is 3.38. The Morgan fingerprint density at radius 3 is 2.72 bits per heavy atom. The fraction of sp³-hybridized carbons (Fsp3) is 0.0714. The number of aromatic nitrogens is 2. The molecule has 0 amide bonds. The van der Waals surface area contributed by atoms with E-state index in [9.17, 15) is 4.39 Å². The molecule has 0 aliphatic rings. The van der Waals surface area contributed by atoms with Gasteiger partial charge in [-0.15, -0.1) is 0 Å². The van der Waals surface area contributed by atoms with Gasteiger partial charge >= 0.3 is 0 Å². The predicted molar refractivity (Wildman–Crippen MR) is 68.0 cm³/mol. The number of rotatable bonds is 2. The van der Waals surface area contributed by atoms with Crippen molar-refractivity contribution in [3.05, 3.63) is 48.3 Å². The number of nitrogens with zero attached hydrogens (tertiary/aromatic N) is 1. The third kappa shape index (κ3) is 1.62. The van der Waals surface area contributed by atoms with Gasteiger partial charge in [0.15, 0.2) is 11.6 Å². The second kappa shape index (κ2) is 4.14. The summed E-state index contributed by atoms with van der Waals surface area (Å²) in [5.41, 5.74) is 2.11. The van der Waals surface area contributed by atoms with Crippen molar-refractivity contribution in [1.82, 2.24) is 9.97 Å². The molecule has 0 radical (unpaired) electrons. The van der Waals surface area contributed by atoms with Gasteiger partial charge in [0.05, 0.1) is 23.7 Å². The van der Waals surface area contributed by atoms with Crippen LogP contribution in [0.2, 0.25) is 0 Å². The van der Waals surface area contributed by atoms with Gasteiger partial charge in [0.25, 0.3) is 0 Å². The highest BCUT2D eigenvalue weighted by Gasteiger charge is 2.13. The van der Waals surface area contributed by atoms with E-state index in [1.54, 1.807) is 18.2 Å². The highest BCUT2D eigenvalue weighted by Crippen LogP contribution is 2.28. The molecule has 0 spiro atoms. The van der Waals surface area contributed by atoms with E-state index in [0.717, 1.165) is 11.0 Å². The van der Waals surface area contributed by atoms with Crippen LogP contribution in [0.3, 0.4) is 0 Å². The van der Waals surface area contributed by atoms with E-state index in [1.165, 1.54) is 7.11 Å². The lowest BCUT2D eigenvalue weighted by Gasteiger charge is -2.04. The minimum absolute atomic E-state index is 0.216. The van der Waals surface area contributed by atoms with Crippen molar-refractivity contribution in [3.8, 4) is 17.1 Å². The quantitative estimate of drug-likeness (QED) is 0.748. The van der Waals surface area contributed by atoms with Crippen molar-refractivity contribution in [2.75, 3.05) is 7.11 Å². The Labute approximate surface area is 103 Å². The summed E-state index contributed by atoms with van der Waals surface area (Å²) in [5.74, 6) is 0.319. The van der Waals surface area contributed by atoms with E-state index in [2.05, 4.69) is 9.97 Å². The van der Waals surface area contributed by atoms with Crippen LogP contribution in [0, 0.1) is 5.82 Å². The molecule has 0 saturated heterocycles. The minimum Gasteiger partial charge on any atom is -0.494 e. The Bertz CT molecular complexity index is 673. The molecule has 18 heavy (non-hydrogen) atoms. The van der Waals surface area contributed by atoms with E-state index < -0.39 is 5.82 Å². The zero-order chi connectivity index (χ0) is 12.5. The summed E-state index contributed by atoms with van der Waals surface area (Å²) < 4.78 is 19.1. The Morgan fingerprint density at radius 2 is 1.94 bits per heavy atom. The molecule has 0 bridgehead atoms. The van der Waals surface area contributed by atoms with Gasteiger partial charge in [-0.2, -0.15) is 0 Å². The van der Waals surface area contributed by atoms with Crippen molar-refractivity contribution in [1.29, 1.82) is 0 Å². The highest BCUT2D eigenvalue weighted by atomic mass is 19.1. The number of H-pyrrole nitrogens is 1. The minimum atomic E-state index is -0.404. The average molecular weight is 242 g/mol. The van der Waals surface area contributed by atoms with Crippen molar-refractivity contribution in [2.24, 2.45) is 0 Å². The van der Waals surface area contributed by atoms with Crippen LogP contribution < -0.4 is 4.74 Å². The summed E-state index contributed by atoms with van der Waals surface area (Å²) in [6.45, 7) is 0. The molecule has 1 heterocycles. The summed E-state index contributed by atoms with van der Waals surface area (Å²) >= 11 is 0. The van der Waals surface area contributed by atoms with Crippen LogP contribution in [0.4, 0.5) is 4.39 Å². The number of halogens is 1. The SMILES string of the molecule is COc1cccc(-c2nc3ccccc3[nH]2)c1F. The Balaban J connectivity index is 2.20. The molecule has 0 unspecified atom stereocenters. The van der Waals surface area contributed by atoms with Crippen molar-refractivity contribution in [2.45, 2.75) is 0 Å². The number of benzene rings is 2. The van der Waals surface area contributed by atoms with Crippen molar-refractivity contribution < 1.29 is 9.13 Å². The molecule has 0 saturated carbocycles. The lowest BCUT2D eigenvalue weighted by Crippen LogP contribution is -1.92. The topological polar surface area (TPSA) is 37.9 Å². The zero-order valence-corrected chi connectivity index (χ0v) is 9.77. The summed E-state index contributed by atoms with van der Waals surface area (Å²) in [6.07, 6.45) is 0. The van der Waals surface area contributed by atoms with E-state index in [-0.39, 0.29) is 5.75 Å². The number of hydrogen-bond acceptors (Lipinski definition) is 2. The first kappa shape index (κ1) is 10.8. The molecule has 4 heteroatoms. The van der Waals surface area contributed by atoms with E-state index >= 15 is 0 Å². The highest BCUT2D eigenvalue weighted by molar-refractivity contribution is 5.79. The van der Waals surface area contributed by atoms with Gasteiger partial charge in [-0.3, -0.25) is 0 Å². The van der Waals surface area contributed by atoms with Gasteiger partial charge in [0.2, 0.25) is 0 Å². The zero-order valence-electron chi connectivity index (χ0n) is 9.77. The van der Waals surface area contributed by atoms with Crippen molar-refractivity contribution >= 4 is 11.0 Å². The summed E-state index contributed by atoms with van der Waals surface area (Å²) in [5, 5.41) is 0. The van der Waals surface area contributed by atoms with Gasteiger partial charge in [0, 0.05) is 0 Å². The number of imidazole rings is 1. The van der Waals surface area contributed by atoms with E-state index in [0.29, 0.717) is 11.4 Å². The van der Waals surface area contributed by atoms with Crippen LogP contribution in [0.15, 0.2) is 42.5 Å². The molecule has 0 aliphatic carbocycles. The molecule has 3 rings (SSSR count). The van der Waals surface area contributed by atoms with Gasteiger partial charge in [0.1, 0.15) is 5.82 Å². The maximum Gasteiger partial charge on any atom is 0.175 e. The fourth-order valence-electron chi connectivity index (χ4n) is 1.93. The van der Waals surface area contributed by atoms with E-state index in [1.807, 2.05) is 24.3 Å². The van der Waals surface area contributed by atoms with Crippen LogP contribution in [-0.4, -0.2) is 17.1 Å². The Hall–Kier alpha value is -2.36. The van der Waals surface area contributed by atoms with Crippen LogP contribution in [0.25, 0.3) is 22.4 Å². The summed E-state index contributed by atoms with van der Waals surface area (Å²) in [4.78, 5) is 7.47. The number of fused-ring (bicyclic) bond motifs is 1.